The largest absolute Gasteiger partial charge is 0.497 e. The van der Waals surface area contributed by atoms with Crippen LogP contribution in [0.15, 0.2) is 30.3 Å². The van der Waals surface area contributed by atoms with Gasteiger partial charge in [-0.3, -0.25) is 4.79 Å². The van der Waals surface area contributed by atoms with Crippen molar-refractivity contribution < 1.29 is 23.4 Å². The third-order valence-corrected chi connectivity index (χ3v) is 3.80. The molecule has 1 unspecified atom stereocenters. The molecule has 7 heteroatoms. The minimum Gasteiger partial charge on any atom is -0.497 e. The van der Waals surface area contributed by atoms with E-state index < -0.39 is 11.7 Å². The molecule has 122 valence electrons. The number of methoxy groups -OCH3 is 1. The number of carbonyl (C=O) groups excluding carboxylic acids is 1. The molecule has 1 atom stereocenters. The number of amides is 1. The van der Waals surface area contributed by atoms with Gasteiger partial charge in [0.05, 0.1) is 13.7 Å². The molecule has 0 aliphatic carbocycles. The van der Waals surface area contributed by atoms with Gasteiger partial charge in [-0.05, 0) is 24.3 Å². The minimum atomic E-state index is -0.577. The number of nitrogens with two attached hydrogens (primary N) is 1. The zero-order valence-corrected chi connectivity index (χ0v) is 13.0. The summed E-state index contributed by atoms with van der Waals surface area (Å²) >= 11 is 0. The molecular weight excluding hydrogens is 312 g/mol. The lowest BCUT2D eigenvalue weighted by molar-refractivity contribution is -0.122. The quantitative estimate of drug-likeness (QED) is 0.842. The van der Waals surface area contributed by atoms with Crippen molar-refractivity contribution in [3.05, 3.63) is 47.3 Å². The van der Waals surface area contributed by atoms with Crippen molar-refractivity contribution in [3.8, 4) is 17.2 Å². The van der Waals surface area contributed by atoms with E-state index in [0.29, 0.717) is 17.1 Å². The molecule has 3 rings (SSSR count). The van der Waals surface area contributed by atoms with Gasteiger partial charge < -0.3 is 19.9 Å². The summed E-state index contributed by atoms with van der Waals surface area (Å²) in [4.78, 5) is 10.9. The van der Waals surface area contributed by atoms with Crippen LogP contribution in [0.1, 0.15) is 17.0 Å². The number of hydrogen-bond acceptors (Lipinski definition) is 4. The van der Waals surface area contributed by atoms with Gasteiger partial charge in [0.25, 0.3) is 0 Å². The number of primary amides is 1. The first-order valence-corrected chi connectivity index (χ1v) is 7.30. The van der Waals surface area contributed by atoms with Crippen LogP contribution in [0, 0.1) is 5.82 Å². The summed E-state index contributed by atoms with van der Waals surface area (Å²) in [6.45, 7) is -0.0981. The monoisotopic (exact) mass is 327 g/mol. The Bertz CT molecular complexity index is 796. The maximum absolute atomic E-state index is 14.3. The fraction of sp³-hybridized carbons (Fsp3) is 0.235. The highest BCUT2D eigenvalue weighted by molar-refractivity contribution is 6.32. The number of halogens is 1. The van der Waals surface area contributed by atoms with Gasteiger partial charge in [0.15, 0.2) is 11.6 Å². The van der Waals surface area contributed by atoms with E-state index in [0.717, 1.165) is 5.56 Å². The molecule has 1 heterocycles. The van der Waals surface area contributed by atoms with E-state index in [1.165, 1.54) is 6.07 Å². The third kappa shape index (κ3) is 3.07. The zero-order chi connectivity index (χ0) is 17.3. The molecular formula is C17H15BFNO4. The van der Waals surface area contributed by atoms with E-state index in [4.69, 9.17) is 27.8 Å². The molecule has 2 aromatic carbocycles. The molecule has 1 aliphatic rings. The number of ether oxygens (including phenoxy) is 3. The van der Waals surface area contributed by atoms with Crippen molar-refractivity contribution in [2.75, 3.05) is 20.3 Å². The summed E-state index contributed by atoms with van der Waals surface area (Å²) in [5.74, 6) is -0.256. The lowest BCUT2D eigenvalue weighted by Gasteiger charge is -2.29. The van der Waals surface area contributed by atoms with Crippen molar-refractivity contribution >= 4 is 19.2 Å². The molecule has 0 bridgehead atoms. The van der Waals surface area contributed by atoms with E-state index in [-0.39, 0.29) is 30.3 Å². The smallest absolute Gasteiger partial charge is 0.243 e. The predicted octanol–water partition coefficient (Wildman–Crippen LogP) is 1.37. The van der Waals surface area contributed by atoms with Gasteiger partial charge >= 0.3 is 0 Å². The van der Waals surface area contributed by atoms with Crippen LogP contribution in [0.5, 0.6) is 17.2 Å². The molecule has 0 fully saturated rings. The number of rotatable bonds is 5. The molecule has 5 nitrogen and oxygen atoms in total. The number of carbonyl (C=O) groups is 1. The fourth-order valence-electron chi connectivity index (χ4n) is 2.76. The summed E-state index contributed by atoms with van der Waals surface area (Å²) in [5, 5.41) is 0. The summed E-state index contributed by atoms with van der Waals surface area (Å²) in [6.07, 6.45) is 0. The Labute approximate surface area is 139 Å². The second-order valence-electron chi connectivity index (χ2n) is 5.46. The lowest BCUT2D eigenvalue weighted by atomic mass is 9.84. The van der Waals surface area contributed by atoms with E-state index in [9.17, 15) is 9.18 Å². The molecule has 2 N–H and O–H groups in total. The van der Waals surface area contributed by atoms with Crippen LogP contribution >= 0.6 is 0 Å². The second-order valence-corrected chi connectivity index (χ2v) is 5.46. The normalized spacial score (nSPS) is 15.2. The minimum absolute atomic E-state index is 0.106. The van der Waals surface area contributed by atoms with Crippen LogP contribution in [0.25, 0.3) is 0 Å². The topological polar surface area (TPSA) is 70.8 Å². The molecule has 24 heavy (non-hydrogen) atoms. The zero-order valence-electron chi connectivity index (χ0n) is 13.0. The van der Waals surface area contributed by atoms with Gasteiger partial charge in [-0.2, -0.15) is 0 Å². The third-order valence-electron chi connectivity index (χ3n) is 3.80. The lowest BCUT2D eigenvalue weighted by Crippen LogP contribution is -2.23. The van der Waals surface area contributed by atoms with Crippen molar-refractivity contribution in [2.45, 2.75) is 5.92 Å². The van der Waals surface area contributed by atoms with Gasteiger partial charge in [0, 0.05) is 17.0 Å². The molecule has 0 spiro atoms. The van der Waals surface area contributed by atoms with Gasteiger partial charge in [-0.15, -0.1) is 0 Å². The van der Waals surface area contributed by atoms with Crippen LogP contribution in [0.2, 0.25) is 0 Å². The highest BCUT2D eigenvalue weighted by atomic mass is 19.1. The maximum Gasteiger partial charge on any atom is 0.243 e. The number of fused-ring (bicyclic) bond motifs is 2. The molecule has 1 amide bonds. The standard InChI is InChI=1S/C17H15BFNO4/c1-22-10-2-3-15-11(6-10)13(7-23-8-16(20)21)12-4-9(18)5-14(19)17(12)24-15/h2-6,13H,7-8H2,1H3,(H2,20,21). The van der Waals surface area contributed by atoms with Gasteiger partial charge in [0.1, 0.15) is 26.0 Å². The Hall–Kier alpha value is -2.54. The van der Waals surface area contributed by atoms with E-state index in [1.54, 1.807) is 31.4 Å². The molecule has 0 aromatic heterocycles. The van der Waals surface area contributed by atoms with Gasteiger partial charge in [-0.1, -0.05) is 11.5 Å². The Kier molecular flexibility index (Phi) is 4.44. The Morgan fingerprint density at radius 3 is 2.83 bits per heavy atom. The molecule has 1 aliphatic heterocycles. The van der Waals surface area contributed by atoms with Crippen LogP contribution in [-0.4, -0.2) is 34.1 Å². The first-order valence-electron chi connectivity index (χ1n) is 7.30. The van der Waals surface area contributed by atoms with Gasteiger partial charge in [-0.25, -0.2) is 4.39 Å². The average Bonchev–Trinajstić information content (AvgIpc) is 2.54. The van der Waals surface area contributed by atoms with Gasteiger partial charge in [0.2, 0.25) is 5.91 Å². The Morgan fingerprint density at radius 1 is 1.33 bits per heavy atom. The first kappa shape index (κ1) is 16.3. The van der Waals surface area contributed by atoms with Crippen molar-refractivity contribution in [1.29, 1.82) is 0 Å². The Balaban J connectivity index is 2.05. The first-order chi connectivity index (χ1) is 11.5. The van der Waals surface area contributed by atoms with Crippen LogP contribution < -0.4 is 20.7 Å². The predicted molar refractivity (Wildman–Crippen MR) is 86.7 cm³/mol. The highest BCUT2D eigenvalue weighted by Crippen LogP contribution is 2.46. The summed E-state index contributed by atoms with van der Waals surface area (Å²) in [6, 6.07) is 8.06. The van der Waals surface area contributed by atoms with Crippen molar-refractivity contribution in [3.63, 3.8) is 0 Å². The Morgan fingerprint density at radius 2 is 2.12 bits per heavy atom. The molecule has 2 aromatic rings. The summed E-state index contributed by atoms with van der Waals surface area (Å²) in [5.41, 5.74) is 6.70. The maximum atomic E-state index is 14.3. The van der Waals surface area contributed by atoms with E-state index >= 15 is 0 Å². The van der Waals surface area contributed by atoms with Crippen molar-refractivity contribution in [1.82, 2.24) is 0 Å². The van der Waals surface area contributed by atoms with Crippen LogP contribution in [-0.2, 0) is 9.53 Å². The SMILES string of the molecule is [B]c1cc(F)c2c(c1)C(COCC(N)=O)c1cc(OC)ccc1O2. The average molecular weight is 327 g/mol. The van der Waals surface area contributed by atoms with Crippen LogP contribution in [0.3, 0.4) is 0 Å². The molecule has 0 saturated carbocycles. The second kappa shape index (κ2) is 6.53. The molecule has 2 radical (unpaired) electrons. The van der Waals surface area contributed by atoms with E-state index in [2.05, 4.69) is 0 Å². The fourth-order valence-corrected chi connectivity index (χ4v) is 2.76. The highest BCUT2D eigenvalue weighted by Gasteiger charge is 2.30. The van der Waals surface area contributed by atoms with Crippen LogP contribution in [0.4, 0.5) is 4.39 Å². The number of benzene rings is 2. The summed E-state index contributed by atoms with van der Waals surface area (Å²) in [7, 11) is 7.31. The molecule has 0 saturated heterocycles. The van der Waals surface area contributed by atoms with Crippen molar-refractivity contribution in [2.24, 2.45) is 5.73 Å². The van der Waals surface area contributed by atoms with E-state index in [1.807, 2.05) is 0 Å². The number of hydrogen-bond donors (Lipinski definition) is 1. The summed E-state index contributed by atoms with van der Waals surface area (Å²) < 4.78 is 30.5.